The molecule has 0 saturated carbocycles. The number of nitriles is 1. The summed E-state index contributed by atoms with van der Waals surface area (Å²) in [6.07, 6.45) is 7.32. The fourth-order valence-electron chi connectivity index (χ4n) is 6.76. The summed E-state index contributed by atoms with van der Waals surface area (Å²) in [4.78, 5) is 0. The highest BCUT2D eigenvalue weighted by Crippen LogP contribution is 2.50. The van der Waals surface area contributed by atoms with E-state index in [0.717, 1.165) is 78.5 Å². The van der Waals surface area contributed by atoms with Crippen LogP contribution in [0, 0.1) is 11.3 Å². The van der Waals surface area contributed by atoms with E-state index < -0.39 is 0 Å². The number of para-hydroxylation sites is 4. The van der Waals surface area contributed by atoms with Gasteiger partial charge in [0.1, 0.15) is 17.1 Å². The third kappa shape index (κ3) is 3.03. The molecule has 192 valence electrons. The van der Waals surface area contributed by atoms with Gasteiger partial charge < -0.3 is 13.7 Å². The highest BCUT2D eigenvalue weighted by molar-refractivity contribution is 6.14. The minimum Gasteiger partial charge on any atom is -0.460 e. The summed E-state index contributed by atoms with van der Waals surface area (Å²) in [6.45, 7) is 0. The van der Waals surface area contributed by atoms with Crippen LogP contribution < -0.4 is 4.74 Å². The van der Waals surface area contributed by atoms with Crippen molar-refractivity contribution >= 4 is 43.7 Å². The molecule has 0 N–H and O–H groups in total. The van der Waals surface area contributed by atoms with E-state index in [0.29, 0.717) is 5.56 Å². The van der Waals surface area contributed by atoms with E-state index in [2.05, 4.69) is 102 Å². The van der Waals surface area contributed by atoms with Crippen molar-refractivity contribution in [2.24, 2.45) is 0 Å². The van der Waals surface area contributed by atoms with Crippen LogP contribution in [-0.2, 0) is 0 Å². The maximum absolute atomic E-state index is 9.57. The monoisotopic (exact) mass is 526 g/mol. The van der Waals surface area contributed by atoms with E-state index in [1.54, 1.807) is 0 Å². The lowest BCUT2D eigenvalue weighted by molar-refractivity contribution is 0.426. The van der Waals surface area contributed by atoms with Crippen LogP contribution in [-0.4, -0.2) is 4.57 Å². The van der Waals surface area contributed by atoms with E-state index in [1.807, 2.05) is 24.3 Å². The molecule has 0 amide bonds. The van der Waals surface area contributed by atoms with Gasteiger partial charge in [0.2, 0.25) is 0 Å². The maximum Gasteiger partial charge on any atom is 0.159 e. The summed E-state index contributed by atoms with van der Waals surface area (Å²) in [5.41, 5.74) is 8.71. The highest BCUT2D eigenvalue weighted by Gasteiger charge is 2.32. The molecule has 0 fully saturated rings. The second-order valence-corrected chi connectivity index (χ2v) is 10.7. The lowest BCUT2D eigenvalue weighted by Crippen LogP contribution is -1.99. The molecule has 41 heavy (non-hydrogen) atoms. The molecule has 4 heteroatoms. The van der Waals surface area contributed by atoms with Crippen LogP contribution in [0.4, 0.5) is 0 Å². The van der Waals surface area contributed by atoms with Crippen molar-refractivity contribution in [2.45, 2.75) is 12.3 Å². The van der Waals surface area contributed by atoms with Crippen LogP contribution in [0.3, 0.4) is 0 Å². The molecule has 0 radical (unpaired) electrons. The van der Waals surface area contributed by atoms with Crippen molar-refractivity contribution in [3.63, 3.8) is 0 Å². The minimum absolute atomic E-state index is 0.272. The number of nitrogens with zero attached hydrogens (tertiary/aromatic N) is 2. The topological polar surface area (TPSA) is 51.1 Å². The first-order valence-corrected chi connectivity index (χ1v) is 13.9. The predicted octanol–water partition coefficient (Wildman–Crippen LogP) is 9.54. The summed E-state index contributed by atoms with van der Waals surface area (Å²) in [5.74, 6) is 2.21. The Hall–Kier alpha value is -5.53. The summed E-state index contributed by atoms with van der Waals surface area (Å²) in [5, 5.41) is 13.9. The maximum atomic E-state index is 9.57. The zero-order valence-corrected chi connectivity index (χ0v) is 22.0. The molecule has 1 aliphatic carbocycles. The third-order valence-corrected chi connectivity index (χ3v) is 8.59. The first kappa shape index (κ1) is 22.3. The van der Waals surface area contributed by atoms with Crippen molar-refractivity contribution < 1.29 is 9.15 Å². The normalized spacial score (nSPS) is 15.7. The Bertz CT molecular complexity index is 2340. The Labute approximate surface area is 235 Å². The Balaban J connectivity index is 1.32. The van der Waals surface area contributed by atoms with Gasteiger partial charge in [-0.2, -0.15) is 5.26 Å². The van der Waals surface area contributed by atoms with Crippen molar-refractivity contribution in [1.29, 1.82) is 5.26 Å². The van der Waals surface area contributed by atoms with E-state index in [1.165, 1.54) is 5.56 Å². The van der Waals surface area contributed by atoms with Crippen molar-refractivity contribution in [3.8, 4) is 28.6 Å². The van der Waals surface area contributed by atoms with Gasteiger partial charge in [-0.25, -0.2) is 0 Å². The van der Waals surface area contributed by atoms with E-state index in [9.17, 15) is 5.26 Å². The lowest BCUT2D eigenvalue weighted by atomic mass is 9.90. The Morgan fingerprint density at radius 1 is 0.732 bits per heavy atom. The van der Waals surface area contributed by atoms with Gasteiger partial charge in [0.05, 0.1) is 28.4 Å². The molecule has 2 aliphatic rings. The first-order valence-electron chi connectivity index (χ1n) is 13.9. The molecule has 1 aliphatic heterocycles. The van der Waals surface area contributed by atoms with E-state index >= 15 is 0 Å². The summed E-state index contributed by atoms with van der Waals surface area (Å²) in [7, 11) is 0. The number of benzene rings is 5. The molecule has 2 aromatic heterocycles. The smallest absolute Gasteiger partial charge is 0.159 e. The van der Waals surface area contributed by atoms with Crippen molar-refractivity contribution in [1.82, 2.24) is 4.57 Å². The molecular weight excluding hydrogens is 504 g/mol. The predicted molar refractivity (Wildman–Crippen MR) is 163 cm³/mol. The second kappa shape index (κ2) is 8.24. The Morgan fingerprint density at radius 2 is 1.51 bits per heavy atom. The molecular formula is C37H22N2O2. The van der Waals surface area contributed by atoms with Crippen LogP contribution in [0.5, 0.6) is 5.75 Å². The fraction of sp³-hybridized carbons (Fsp3) is 0.0541. The number of allylic oxidation sites excluding steroid dienone is 4. The van der Waals surface area contributed by atoms with E-state index in [4.69, 9.17) is 9.15 Å². The molecule has 7 aromatic rings. The number of hydrogen-bond acceptors (Lipinski definition) is 3. The first-order chi connectivity index (χ1) is 20.3. The third-order valence-electron chi connectivity index (χ3n) is 8.59. The molecule has 1 unspecified atom stereocenters. The number of aromatic nitrogens is 1. The molecule has 5 aromatic carbocycles. The summed E-state index contributed by atoms with van der Waals surface area (Å²) < 4.78 is 15.6. The Morgan fingerprint density at radius 3 is 2.44 bits per heavy atom. The zero-order chi connectivity index (χ0) is 27.1. The molecule has 4 nitrogen and oxygen atoms in total. The number of rotatable bonds is 2. The van der Waals surface area contributed by atoms with Crippen LogP contribution in [0.2, 0.25) is 0 Å². The van der Waals surface area contributed by atoms with Gasteiger partial charge in [0, 0.05) is 44.2 Å². The van der Waals surface area contributed by atoms with Gasteiger partial charge in [0.15, 0.2) is 5.58 Å². The van der Waals surface area contributed by atoms with Gasteiger partial charge in [-0.05, 0) is 42.8 Å². The zero-order valence-electron chi connectivity index (χ0n) is 22.0. The van der Waals surface area contributed by atoms with Crippen molar-refractivity contribution in [2.75, 3.05) is 0 Å². The molecule has 0 saturated heterocycles. The summed E-state index contributed by atoms with van der Waals surface area (Å²) in [6, 6.07) is 35.7. The fourth-order valence-corrected chi connectivity index (χ4v) is 6.76. The van der Waals surface area contributed by atoms with Gasteiger partial charge in [-0.15, -0.1) is 0 Å². The quantitative estimate of drug-likeness (QED) is 0.225. The highest BCUT2D eigenvalue weighted by atomic mass is 16.5. The van der Waals surface area contributed by atoms with Gasteiger partial charge in [-0.1, -0.05) is 78.9 Å². The van der Waals surface area contributed by atoms with Crippen LogP contribution in [0.1, 0.15) is 23.5 Å². The van der Waals surface area contributed by atoms with Crippen LogP contribution >= 0.6 is 0 Å². The SMILES string of the molecule is N#Cc1ccc2c(c1)c1ccccc1n2-c1cccc2c1oc1c(-c3cccc4c3OC3=CC=CCC34)cccc12. The van der Waals surface area contributed by atoms with E-state index in [-0.39, 0.29) is 5.92 Å². The number of fused-ring (bicyclic) bond motifs is 9. The van der Waals surface area contributed by atoms with Gasteiger partial charge in [-0.3, -0.25) is 0 Å². The standard InChI is InChI=1S/C37H22N2O2/c38-21-22-18-19-32-30(20-22)23-8-1-3-15-31(23)39(32)33-16-7-14-29-28-13-6-12-27(36(28)41-37(29)33)26-11-5-10-25-24-9-2-4-17-34(24)40-35(25)26/h1-8,10-20,24H,9H2. The van der Waals surface area contributed by atoms with Gasteiger partial charge in [0.25, 0.3) is 0 Å². The van der Waals surface area contributed by atoms with Gasteiger partial charge >= 0.3 is 0 Å². The molecule has 9 rings (SSSR count). The average molecular weight is 527 g/mol. The minimum atomic E-state index is 0.272. The average Bonchev–Trinajstić information content (AvgIpc) is 3.70. The second-order valence-electron chi connectivity index (χ2n) is 10.7. The number of hydrogen-bond donors (Lipinski definition) is 0. The molecule has 0 spiro atoms. The molecule has 3 heterocycles. The summed E-state index contributed by atoms with van der Waals surface area (Å²) >= 11 is 0. The van der Waals surface area contributed by atoms with Crippen molar-refractivity contribution in [3.05, 3.63) is 132 Å². The molecule has 1 atom stereocenters. The number of furan rings is 1. The largest absolute Gasteiger partial charge is 0.460 e. The lowest BCUT2D eigenvalue weighted by Gasteiger charge is -2.10. The molecule has 0 bridgehead atoms. The van der Waals surface area contributed by atoms with Crippen LogP contribution in [0.15, 0.2) is 125 Å². The van der Waals surface area contributed by atoms with Crippen LogP contribution in [0.25, 0.3) is 60.6 Å². The number of ether oxygens (including phenoxy) is 1. The Kier molecular flexibility index (Phi) is 4.48.